The molecule has 90 valence electrons. The summed E-state index contributed by atoms with van der Waals surface area (Å²) < 4.78 is 5.92. The van der Waals surface area contributed by atoms with Gasteiger partial charge in [0, 0.05) is 6.54 Å². The van der Waals surface area contributed by atoms with Gasteiger partial charge in [-0.05, 0) is 32.9 Å². The maximum atomic E-state index is 5.92. The van der Waals surface area contributed by atoms with Gasteiger partial charge in [0.2, 0.25) is 0 Å². The van der Waals surface area contributed by atoms with E-state index in [2.05, 4.69) is 57.3 Å². The summed E-state index contributed by atoms with van der Waals surface area (Å²) in [5.41, 5.74) is 2.54. The van der Waals surface area contributed by atoms with Crippen LogP contribution in [0, 0.1) is 6.92 Å². The molecule has 16 heavy (non-hydrogen) atoms. The zero-order chi connectivity index (χ0) is 12.0. The normalized spacial score (nSPS) is 13.1. The summed E-state index contributed by atoms with van der Waals surface area (Å²) in [6.45, 7) is 10.2. The second-order valence-corrected chi connectivity index (χ2v) is 4.39. The summed E-state index contributed by atoms with van der Waals surface area (Å²) in [4.78, 5) is 0. The highest BCUT2D eigenvalue weighted by Crippen LogP contribution is 2.19. The first-order valence-electron chi connectivity index (χ1n) is 6.06. The van der Waals surface area contributed by atoms with Crippen molar-refractivity contribution in [2.24, 2.45) is 0 Å². The predicted octanol–water partition coefficient (Wildman–Crippen LogP) is 3.07. The minimum atomic E-state index is 0.153. The minimum Gasteiger partial charge on any atom is -0.370 e. The molecule has 0 bridgehead atoms. The van der Waals surface area contributed by atoms with Gasteiger partial charge in [-0.25, -0.2) is 0 Å². The fourth-order valence-corrected chi connectivity index (χ4v) is 1.63. The van der Waals surface area contributed by atoms with E-state index in [1.165, 1.54) is 11.1 Å². The topological polar surface area (TPSA) is 21.3 Å². The van der Waals surface area contributed by atoms with Crippen LogP contribution in [-0.2, 0) is 4.74 Å². The average molecular weight is 221 g/mol. The number of benzene rings is 1. The monoisotopic (exact) mass is 221 g/mol. The van der Waals surface area contributed by atoms with E-state index in [1.807, 2.05) is 0 Å². The van der Waals surface area contributed by atoms with Gasteiger partial charge in [-0.3, -0.25) is 0 Å². The van der Waals surface area contributed by atoms with Crippen LogP contribution >= 0.6 is 0 Å². The van der Waals surface area contributed by atoms with Gasteiger partial charge in [0.1, 0.15) is 0 Å². The van der Waals surface area contributed by atoms with Crippen LogP contribution in [0.15, 0.2) is 24.3 Å². The number of nitrogens with one attached hydrogen (secondary N) is 1. The van der Waals surface area contributed by atoms with Crippen LogP contribution < -0.4 is 5.32 Å². The van der Waals surface area contributed by atoms with Gasteiger partial charge in [-0.15, -0.1) is 0 Å². The van der Waals surface area contributed by atoms with Gasteiger partial charge in [0.05, 0.1) is 12.2 Å². The molecular weight excluding hydrogens is 198 g/mol. The van der Waals surface area contributed by atoms with Crippen LogP contribution in [0.1, 0.15) is 38.0 Å². The molecule has 0 aliphatic rings. The lowest BCUT2D eigenvalue weighted by molar-refractivity contribution is 0.00740. The molecule has 0 amide bonds. The van der Waals surface area contributed by atoms with Crippen molar-refractivity contribution in [3.05, 3.63) is 35.4 Å². The lowest BCUT2D eigenvalue weighted by atomic mass is 10.1. The zero-order valence-electron chi connectivity index (χ0n) is 10.8. The molecule has 0 aliphatic carbocycles. The van der Waals surface area contributed by atoms with Gasteiger partial charge < -0.3 is 10.1 Å². The SMILES string of the molecule is CCNCC(OC(C)C)c1ccc(C)cc1. The molecular formula is C14H23NO. The Labute approximate surface area is 99.0 Å². The van der Waals surface area contributed by atoms with Gasteiger partial charge in [-0.2, -0.15) is 0 Å². The molecule has 1 N–H and O–H groups in total. The van der Waals surface area contributed by atoms with E-state index in [9.17, 15) is 0 Å². The van der Waals surface area contributed by atoms with Crippen LogP contribution in [0.2, 0.25) is 0 Å². The lowest BCUT2D eigenvalue weighted by Gasteiger charge is -2.21. The number of hydrogen-bond donors (Lipinski definition) is 1. The molecule has 1 rings (SSSR count). The van der Waals surface area contributed by atoms with Gasteiger partial charge in [0.15, 0.2) is 0 Å². The Hall–Kier alpha value is -0.860. The van der Waals surface area contributed by atoms with Crippen molar-refractivity contribution in [3.8, 4) is 0 Å². The quantitative estimate of drug-likeness (QED) is 0.797. The van der Waals surface area contributed by atoms with E-state index >= 15 is 0 Å². The smallest absolute Gasteiger partial charge is 0.0952 e. The van der Waals surface area contributed by atoms with E-state index in [4.69, 9.17) is 4.74 Å². The van der Waals surface area contributed by atoms with Crippen molar-refractivity contribution in [2.75, 3.05) is 13.1 Å². The average Bonchev–Trinajstić information content (AvgIpc) is 2.25. The zero-order valence-corrected chi connectivity index (χ0v) is 10.8. The summed E-state index contributed by atoms with van der Waals surface area (Å²) in [5.74, 6) is 0. The first-order valence-corrected chi connectivity index (χ1v) is 6.06. The van der Waals surface area contributed by atoms with Crippen molar-refractivity contribution in [2.45, 2.75) is 39.9 Å². The van der Waals surface area contributed by atoms with E-state index in [-0.39, 0.29) is 12.2 Å². The molecule has 0 saturated carbocycles. The second kappa shape index (κ2) is 6.66. The molecule has 1 aromatic carbocycles. The van der Waals surface area contributed by atoms with Gasteiger partial charge in [-0.1, -0.05) is 36.8 Å². The Balaban J connectivity index is 2.70. The number of aryl methyl sites for hydroxylation is 1. The van der Waals surface area contributed by atoms with E-state index in [1.54, 1.807) is 0 Å². The highest BCUT2D eigenvalue weighted by atomic mass is 16.5. The summed E-state index contributed by atoms with van der Waals surface area (Å²) in [7, 11) is 0. The van der Waals surface area contributed by atoms with Crippen molar-refractivity contribution >= 4 is 0 Å². The fourth-order valence-electron chi connectivity index (χ4n) is 1.63. The fraction of sp³-hybridized carbons (Fsp3) is 0.571. The molecule has 1 unspecified atom stereocenters. The van der Waals surface area contributed by atoms with Crippen molar-refractivity contribution in [1.82, 2.24) is 5.32 Å². The third-order valence-electron chi connectivity index (χ3n) is 2.47. The summed E-state index contributed by atoms with van der Waals surface area (Å²) in [6, 6.07) is 8.58. The molecule has 2 heteroatoms. The molecule has 0 spiro atoms. The summed E-state index contributed by atoms with van der Waals surface area (Å²) in [5, 5.41) is 3.34. The van der Waals surface area contributed by atoms with Crippen LogP contribution in [0.25, 0.3) is 0 Å². The Kier molecular flexibility index (Phi) is 5.50. The Morgan fingerprint density at radius 3 is 2.31 bits per heavy atom. The Morgan fingerprint density at radius 2 is 1.81 bits per heavy atom. The molecule has 0 aromatic heterocycles. The van der Waals surface area contributed by atoms with E-state index < -0.39 is 0 Å². The molecule has 0 fully saturated rings. The maximum Gasteiger partial charge on any atom is 0.0952 e. The molecule has 0 aliphatic heterocycles. The Bertz CT molecular complexity index is 292. The van der Waals surface area contributed by atoms with E-state index in [0.29, 0.717) is 0 Å². The van der Waals surface area contributed by atoms with Crippen LogP contribution in [0.4, 0.5) is 0 Å². The maximum absolute atomic E-state index is 5.92. The minimum absolute atomic E-state index is 0.153. The van der Waals surface area contributed by atoms with Gasteiger partial charge >= 0.3 is 0 Å². The number of likely N-dealkylation sites (N-methyl/N-ethyl adjacent to an activating group) is 1. The molecule has 0 radical (unpaired) electrons. The number of hydrogen-bond acceptors (Lipinski definition) is 2. The molecule has 1 aromatic rings. The van der Waals surface area contributed by atoms with Crippen LogP contribution in [0.5, 0.6) is 0 Å². The molecule has 0 saturated heterocycles. The van der Waals surface area contributed by atoms with Gasteiger partial charge in [0.25, 0.3) is 0 Å². The highest BCUT2D eigenvalue weighted by molar-refractivity contribution is 5.23. The first-order chi connectivity index (χ1) is 7.63. The summed E-state index contributed by atoms with van der Waals surface area (Å²) >= 11 is 0. The molecule has 0 heterocycles. The highest BCUT2D eigenvalue weighted by Gasteiger charge is 2.12. The number of rotatable bonds is 6. The molecule has 2 nitrogen and oxygen atoms in total. The third-order valence-corrected chi connectivity index (χ3v) is 2.47. The van der Waals surface area contributed by atoms with Crippen LogP contribution in [-0.4, -0.2) is 19.2 Å². The Morgan fingerprint density at radius 1 is 1.19 bits per heavy atom. The number of ether oxygens (including phenoxy) is 1. The first kappa shape index (κ1) is 13.2. The van der Waals surface area contributed by atoms with Crippen LogP contribution in [0.3, 0.4) is 0 Å². The lowest BCUT2D eigenvalue weighted by Crippen LogP contribution is -2.25. The van der Waals surface area contributed by atoms with E-state index in [0.717, 1.165) is 13.1 Å². The predicted molar refractivity (Wildman–Crippen MR) is 68.7 cm³/mol. The standard InChI is InChI=1S/C14H23NO/c1-5-15-10-14(16-11(2)3)13-8-6-12(4)7-9-13/h6-9,11,14-15H,5,10H2,1-4H3. The molecule has 1 atom stereocenters. The van der Waals surface area contributed by atoms with Crippen molar-refractivity contribution in [3.63, 3.8) is 0 Å². The third kappa shape index (κ3) is 4.33. The summed E-state index contributed by atoms with van der Waals surface area (Å²) in [6.07, 6.45) is 0.408. The second-order valence-electron chi connectivity index (χ2n) is 4.39. The van der Waals surface area contributed by atoms with Crippen molar-refractivity contribution in [1.29, 1.82) is 0 Å². The van der Waals surface area contributed by atoms with Crippen molar-refractivity contribution < 1.29 is 4.74 Å². The largest absolute Gasteiger partial charge is 0.370 e.